The molecule has 19 heavy (non-hydrogen) atoms. The summed E-state index contributed by atoms with van der Waals surface area (Å²) >= 11 is 1.43. The van der Waals surface area contributed by atoms with Gasteiger partial charge in [-0.1, -0.05) is 27.7 Å². The molecule has 2 heterocycles. The van der Waals surface area contributed by atoms with Gasteiger partial charge in [-0.05, 0) is 29.3 Å². The predicted octanol–water partition coefficient (Wildman–Crippen LogP) is 2.76. The minimum Gasteiger partial charge on any atom is -0.310 e. The van der Waals surface area contributed by atoms with Crippen molar-refractivity contribution in [1.29, 1.82) is 0 Å². The van der Waals surface area contributed by atoms with Crippen molar-refractivity contribution in [3.63, 3.8) is 0 Å². The van der Waals surface area contributed by atoms with Crippen LogP contribution in [0.1, 0.15) is 33.5 Å². The summed E-state index contributed by atoms with van der Waals surface area (Å²) in [5.41, 5.74) is 1.03. The molecule has 2 aromatic rings. The van der Waals surface area contributed by atoms with E-state index in [-0.39, 0.29) is 11.0 Å². The molecule has 2 rings (SSSR count). The highest BCUT2D eigenvalue weighted by atomic mass is 32.1. The summed E-state index contributed by atoms with van der Waals surface area (Å²) in [6, 6.07) is 1.89. The lowest BCUT2D eigenvalue weighted by Crippen LogP contribution is -2.30. The molecule has 1 unspecified atom stereocenters. The Hall–Kier alpha value is -1.20. The number of hydrogen-bond acceptors (Lipinski definition) is 4. The molecule has 0 amide bonds. The summed E-state index contributed by atoms with van der Waals surface area (Å²) in [6.07, 6.45) is 0. The molecule has 2 N–H and O–H groups in total. The maximum absolute atomic E-state index is 11.8. The fourth-order valence-electron chi connectivity index (χ4n) is 1.72. The Balaban J connectivity index is 2.00. The lowest BCUT2D eigenvalue weighted by atomic mass is 9.82. The summed E-state index contributed by atoms with van der Waals surface area (Å²) in [5, 5.41) is 5.26. The van der Waals surface area contributed by atoms with Crippen LogP contribution < -0.4 is 10.9 Å². The van der Waals surface area contributed by atoms with Crippen LogP contribution in [0.25, 0.3) is 10.2 Å². The highest BCUT2D eigenvalue weighted by molar-refractivity contribution is 7.17. The molecule has 0 aliphatic rings. The number of hydrogen-bond donors (Lipinski definition) is 2. The molecule has 0 radical (unpaired) electrons. The number of aromatic amines is 1. The van der Waals surface area contributed by atoms with Crippen molar-refractivity contribution in [2.24, 2.45) is 11.3 Å². The van der Waals surface area contributed by atoms with Crippen molar-refractivity contribution in [1.82, 2.24) is 15.3 Å². The van der Waals surface area contributed by atoms with Crippen molar-refractivity contribution < 1.29 is 0 Å². The molecule has 1 atom stereocenters. The number of H-pyrrole nitrogens is 1. The van der Waals surface area contributed by atoms with Crippen molar-refractivity contribution in [3.8, 4) is 0 Å². The third kappa shape index (κ3) is 3.42. The van der Waals surface area contributed by atoms with E-state index in [2.05, 4.69) is 43.0 Å². The van der Waals surface area contributed by atoms with E-state index >= 15 is 0 Å². The van der Waals surface area contributed by atoms with Gasteiger partial charge in [-0.15, -0.1) is 11.3 Å². The first-order valence-corrected chi connectivity index (χ1v) is 7.43. The monoisotopic (exact) mass is 279 g/mol. The van der Waals surface area contributed by atoms with Crippen LogP contribution >= 0.6 is 11.3 Å². The second-order valence-corrected chi connectivity index (χ2v) is 6.96. The van der Waals surface area contributed by atoms with Gasteiger partial charge in [-0.3, -0.25) is 4.79 Å². The van der Waals surface area contributed by atoms with Crippen molar-refractivity contribution >= 4 is 21.6 Å². The molecule has 4 nitrogen and oxygen atoms in total. The van der Waals surface area contributed by atoms with Gasteiger partial charge in [0.1, 0.15) is 10.5 Å². The molecule has 0 aromatic carbocycles. The van der Waals surface area contributed by atoms with Crippen LogP contribution in [-0.4, -0.2) is 16.5 Å². The second kappa shape index (κ2) is 5.43. The normalized spacial score (nSPS) is 13.9. The molecular formula is C14H21N3OS. The average Bonchev–Trinajstić information content (AvgIpc) is 2.76. The Morgan fingerprint density at radius 3 is 2.89 bits per heavy atom. The maximum atomic E-state index is 11.8. The lowest BCUT2D eigenvalue weighted by molar-refractivity contribution is 0.252. The van der Waals surface area contributed by atoms with Crippen molar-refractivity contribution in [3.05, 3.63) is 27.6 Å². The smallest absolute Gasteiger partial charge is 0.268 e. The largest absolute Gasteiger partial charge is 0.310 e. The van der Waals surface area contributed by atoms with Gasteiger partial charge in [0.05, 0.1) is 12.1 Å². The minimum absolute atomic E-state index is 0.0410. The summed E-state index contributed by atoms with van der Waals surface area (Å²) in [5.74, 6) is 1.26. The van der Waals surface area contributed by atoms with E-state index in [0.717, 1.165) is 12.1 Å². The first-order chi connectivity index (χ1) is 8.88. The number of fused-ring (bicyclic) bond motifs is 1. The van der Waals surface area contributed by atoms with Crippen LogP contribution in [0.2, 0.25) is 0 Å². The third-order valence-corrected chi connectivity index (χ3v) is 4.49. The summed E-state index contributed by atoms with van der Waals surface area (Å²) in [7, 11) is 0. The van der Waals surface area contributed by atoms with Crippen LogP contribution in [0.3, 0.4) is 0 Å². The van der Waals surface area contributed by atoms with Crippen LogP contribution in [0.4, 0.5) is 0 Å². The molecule has 0 bridgehead atoms. The maximum Gasteiger partial charge on any atom is 0.268 e. The van der Waals surface area contributed by atoms with Gasteiger partial charge in [0, 0.05) is 0 Å². The highest BCUT2D eigenvalue weighted by Crippen LogP contribution is 2.24. The Bertz CT molecular complexity index is 609. The van der Waals surface area contributed by atoms with E-state index in [1.807, 2.05) is 11.4 Å². The number of nitrogens with zero attached hydrogens (tertiary/aromatic N) is 1. The first kappa shape index (κ1) is 14.2. The standard InChI is InChI=1S/C14H21N3OS/c1-9(14(2,3)4)7-15-8-11-16-10-5-6-19-12(10)13(18)17-11/h5-6,9,15H,7-8H2,1-4H3,(H,16,17,18). The molecule has 5 heteroatoms. The Labute approximate surface area is 117 Å². The summed E-state index contributed by atoms with van der Waals surface area (Å²) in [6.45, 7) is 10.4. The molecule has 0 spiro atoms. The van der Waals surface area contributed by atoms with Gasteiger partial charge in [0.2, 0.25) is 0 Å². The average molecular weight is 279 g/mol. The Morgan fingerprint density at radius 1 is 1.47 bits per heavy atom. The summed E-state index contributed by atoms with van der Waals surface area (Å²) < 4.78 is 0.701. The second-order valence-electron chi connectivity index (χ2n) is 6.05. The van der Waals surface area contributed by atoms with Crippen LogP contribution in [0, 0.1) is 11.3 Å². The number of nitrogens with one attached hydrogen (secondary N) is 2. The SMILES string of the molecule is CC(CNCc1nc2ccsc2c(=O)[nH]1)C(C)(C)C. The third-order valence-electron chi connectivity index (χ3n) is 3.59. The zero-order valence-electron chi connectivity index (χ0n) is 11.9. The fourth-order valence-corrected chi connectivity index (χ4v) is 2.44. The van der Waals surface area contributed by atoms with E-state index < -0.39 is 0 Å². The van der Waals surface area contributed by atoms with E-state index in [0.29, 0.717) is 23.0 Å². The highest BCUT2D eigenvalue weighted by Gasteiger charge is 2.19. The van der Waals surface area contributed by atoms with E-state index in [1.165, 1.54) is 11.3 Å². The quantitative estimate of drug-likeness (QED) is 0.904. The predicted molar refractivity (Wildman–Crippen MR) is 80.6 cm³/mol. The molecule has 0 fully saturated rings. The zero-order chi connectivity index (χ0) is 14.0. The van der Waals surface area contributed by atoms with Gasteiger partial charge < -0.3 is 10.3 Å². The van der Waals surface area contributed by atoms with Gasteiger partial charge in [-0.2, -0.15) is 0 Å². The zero-order valence-corrected chi connectivity index (χ0v) is 12.7. The van der Waals surface area contributed by atoms with Gasteiger partial charge in [-0.25, -0.2) is 4.98 Å². The van der Waals surface area contributed by atoms with Crippen molar-refractivity contribution in [2.45, 2.75) is 34.2 Å². The summed E-state index contributed by atoms with van der Waals surface area (Å²) in [4.78, 5) is 19.1. The number of aromatic nitrogens is 2. The lowest BCUT2D eigenvalue weighted by Gasteiger charge is -2.27. The molecule has 0 saturated heterocycles. The molecule has 104 valence electrons. The molecular weight excluding hydrogens is 258 g/mol. The van der Waals surface area contributed by atoms with E-state index in [4.69, 9.17) is 0 Å². The van der Waals surface area contributed by atoms with Crippen molar-refractivity contribution in [2.75, 3.05) is 6.54 Å². The van der Waals surface area contributed by atoms with Crippen LogP contribution in [0.15, 0.2) is 16.2 Å². The molecule has 0 aliphatic carbocycles. The molecule has 2 aromatic heterocycles. The molecule has 0 saturated carbocycles. The van der Waals surface area contributed by atoms with Gasteiger partial charge in [0.25, 0.3) is 5.56 Å². The Kier molecular flexibility index (Phi) is 4.06. The van der Waals surface area contributed by atoms with E-state index in [1.54, 1.807) is 0 Å². The molecule has 0 aliphatic heterocycles. The van der Waals surface area contributed by atoms with Crippen LogP contribution in [0.5, 0.6) is 0 Å². The first-order valence-electron chi connectivity index (χ1n) is 6.55. The topological polar surface area (TPSA) is 57.8 Å². The minimum atomic E-state index is -0.0410. The van der Waals surface area contributed by atoms with Gasteiger partial charge in [0.15, 0.2) is 0 Å². The van der Waals surface area contributed by atoms with Crippen LogP contribution in [-0.2, 0) is 6.54 Å². The number of thiophene rings is 1. The Morgan fingerprint density at radius 2 is 2.21 bits per heavy atom. The van der Waals surface area contributed by atoms with Gasteiger partial charge >= 0.3 is 0 Å². The fraction of sp³-hybridized carbons (Fsp3) is 0.571. The van der Waals surface area contributed by atoms with E-state index in [9.17, 15) is 4.79 Å². The number of rotatable bonds is 4.